The molecule has 5 heteroatoms. The van der Waals surface area contributed by atoms with Crippen molar-refractivity contribution in [3.63, 3.8) is 0 Å². The molecule has 118 valence electrons. The second-order valence-electron chi connectivity index (χ2n) is 4.33. The molecule has 1 aromatic rings. The predicted molar refractivity (Wildman–Crippen MR) is 82.2 cm³/mol. The highest BCUT2D eigenvalue weighted by Gasteiger charge is 2.11. The maximum Gasteiger partial charge on any atom is 0.251 e. The highest BCUT2D eigenvalue weighted by Crippen LogP contribution is 2.28. The van der Waals surface area contributed by atoms with Crippen LogP contribution in [0, 0.1) is 0 Å². The molecule has 0 atom stereocenters. The smallest absolute Gasteiger partial charge is 0.251 e. The van der Waals surface area contributed by atoms with E-state index in [1.807, 2.05) is 20.8 Å². The Morgan fingerprint density at radius 2 is 1.76 bits per heavy atom. The van der Waals surface area contributed by atoms with Gasteiger partial charge in [0, 0.05) is 25.3 Å². The van der Waals surface area contributed by atoms with Gasteiger partial charge in [-0.1, -0.05) is 0 Å². The van der Waals surface area contributed by atoms with Crippen molar-refractivity contribution < 1.29 is 19.0 Å². The molecule has 1 N–H and O–H groups in total. The molecule has 0 aliphatic carbocycles. The van der Waals surface area contributed by atoms with Crippen LogP contribution in [-0.2, 0) is 4.74 Å². The average Bonchev–Trinajstić information content (AvgIpc) is 2.49. The summed E-state index contributed by atoms with van der Waals surface area (Å²) in [5, 5.41) is 2.86. The van der Waals surface area contributed by atoms with Crippen molar-refractivity contribution in [1.29, 1.82) is 0 Å². The Morgan fingerprint density at radius 1 is 1.05 bits per heavy atom. The largest absolute Gasteiger partial charge is 0.490 e. The summed E-state index contributed by atoms with van der Waals surface area (Å²) in [6, 6.07) is 5.22. The number of rotatable bonds is 10. The predicted octanol–water partition coefficient (Wildman–Crippen LogP) is 2.64. The van der Waals surface area contributed by atoms with Gasteiger partial charge in [-0.05, 0) is 45.4 Å². The van der Waals surface area contributed by atoms with Crippen molar-refractivity contribution in [3.8, 4) is 11.5 Å². The molecular formula is C16H25NO4. The van der Waals surface area contributed by atoms with Crippen molar-refractivity contribution in [3.05, 3.63) is 23.8 Å². The standard InChI is InChI=1S/C16H25NO4/c1-4-19-11-7-10-17-16(18)13-8-9-14(20-5-2)15(12-13)21-6-3/h8-9,12H,4-7,10-11H2,1-3H3,(H,17,18). The van der Waals surface area contributed by atoms with E-state index in [1.165, 1.54) is 0 Å². The average molecular weight is 295 g/mol. The number of amides is 1. The number of benzene rings is 1. The van der Waals surface area contributed by atoms with E-state index in [-0.39, 0.29) is 5.91 Å². The van der Waals surface area contributed by atoms with Crippen LogP contribution in [-0.4, -0.2) is 38.9 Å². The second-order valence-corrected chi connectivity index (χ2v) is 4.33. The molecule has 0 aliphatic rings. The van der Waals surface area contributed by atoms with Gasteiger partial charge < -0.3 is 19.5 Å². The summed E-state index contributed by atoms with van der Waals surface area (Å²) in [7, 11) is 0. The van der Waals surface area contributed by atoms with Crippen molar-refractivity contribution in [2.45, 2.75) is 27.2 Å². The van der Waals surface area contributed by atoms with Crippen LogP contribution in [0.25, 0.3) is 0 Å². The summed E-state index contributed by atoms with van der Waals surface area (Å²) in [5.74, 6) is 1.14. The lowest BCUT2D eigenvalue weighted by Crippen LogP contribution is -2.25. The normalized spacial score (nSPS) is 10.2. The molecule has 1 amide bonds. The van der Waals surface area contributed by atoms with Crippen molar-refractivity contribution in [2.75, 3.05) is 33.0 Å². The van der Waals surface area contributed by atoms with Crippen LogP contribution < -0.4 is 14.8 Å². The topological polar surface area (TPSA) is 56.8 Å². The number of carbonyl (C=O) groups excluding carboxylic acids is 1. The van der Waals surface area contributed by atoms with Crippen LogP contribution >= 0.6 is 0 Å². The van der Waals surface area contributed by atoms with Gasteiger partial charge in [0.15, 0.2) is 11.5 Å². The number of hydrogen-bond donors (Lipinski definition) is 1. The van der Waals surface area contributed by atoms with Gasteiger partial charge >= 0.3 is 0 Å². The lowest BCUT2D eigenvalue weighted by molar-refractivity contribution is 0.0943. The molecule has 21 heavy (non-hydrogen) atoms. The van der Waals surface area contributed by atoms with Crippen LogP contribution in [0.15, 0.2) is 18.2 Å². The molecule has 0 radical (unpaired) electrons. The fraction of sp³-hybridized carbons (Fsp3) is 0.562. The van der Waals surface area contributed by atoms with Crippen molar-refractivity contribution >= 4 is 5.91 Å². The summed E-state index contributed by atoms with van der Waals surface area (Å²) in [6.45, 7) is 8.80. The van der Waals surface area contributed by atoms with Crippen LogP contribution in [0.5, 0.6) is 11.5 Å². The highest BCUT2D eigenvalue weighted by atomic mass is 16.5. The van der Waals surface area contributed by atoms with Crippen LogP contribution in [0.2, 0.25) is 0 Å². The maximum atomic E-state index is 12.1. The van der Waals surface area contributed by atoms with E-state index in [0.717, 1.165) is 6.42 Å². The van der Waals surface area contributed by atoms with E-state index >= 15 is 0 Å². The molecule has 0 fully saturated rings. The zero-order valence-electron chi connectivity index (χ0n) is 13.1. The van der Waals surface area contributed by atoms with Gasteiger partial charge in [0.2, 0.25) is 0 Å². The molecule has 0 spiro atoms. The lowest BCUT2D eigenvalue weighted by Gasteiger charge is -2.12. The molecule has 0 aromatic heterocycles. The minimum atomic E-state index is -0.115. The summed E-state index contributed by atoms with van der Waals surface area (Å²) in [4.78, 5) is 12.1. The third-order valence-corrected chi connectivity index (χ3v) is 2.76. The first-order valence-electron chi connectivity index (χ1n) is 7.48. The third-order valence-electron chi connectivity index (χ3n) is 2.76. The molecule has 0 unspecified atom stereocenters. The van der Waals surface area contributed by atoms with Gasteiger partial charge in [0.1, 0.15) is 0 Å². The lowest BCUT2D eigenvalue weighted by atomic mass is 10.2. The molecular weight excluding hydrogens is 270 g/mol. The van der Waals surface area contributed by atoms with Gasteiger partial charge in [-0.25, -0.2) is 0 Å². The van der Waals surface area contributed by atoms with E-state index in [9.17, 15) is 4.79 Å². The Morgan fingerprint density at radius 3 is 2.43 bits per heavy atom. The number of hydrogen-bond acceptors (Lipinski definition) is 4. The Balaban J connectivity index is 2.60. The third kappa shape index (κ3) is 6.04. The van der Waals surface area contributed by atoms with E-state index in [2.05, 4.69) is 5.32 Å². The van der Waals surface area contributed by atoms with Crippen LogP contribution in [0.3, 0.4) is 0 Å². The van der Waals surface area contributed by atoms with E-state index in [1.54, 1.807) is 18.2 Å². The Labute approximate surface area is 126 Å². The maximum absolute atomic E-state index is 12.1. The van der Waals surface area contributed by atoms with E-state index in [0.29, 0.717) is 50.0 Å². The quantitative estimate of drug-likeness (QED) is 0.674. The number of ether oxygens (including phenoxy) is 3. The van der Waals surface area contributed by atoms with Gasteiger partial charge in [-0.2, -0.15) is 0 Å². The summed E-state index contributed by atoms with van der Waals surface area (Å²) in [6.07, 6.45) is 0.801. The summed E-state index contributed by atoms with van der Waals surface area (Å²) < 4.78 is 16.2. The molecule has 1 rings (SSSR count). The molecule has 0 aliphatic heterocycles. The second kappa shape index (κ2) is 10.0. The minimum Gasteiger partial charge on any atom is -0.490 e. The molecule has 0 heterocycles. The van der Waals surface area contributed by atoms with Crippen LogP contribution in [0.1, 0.15) is 37.6 Å². The van der Waals surface area contributed by atoms with Gasteiger partial charge in [0.25, 0.3) is 5.91 Å². The first kappa shape index (κ1) is 17.3. The minimum absolute atomic E-state index is 0.115. The van der Waals surface area contributed by atoms with Gasteiger partial charge in [-0.3, -0.25) is 4.79 Å². The number of carbonyl (C=O) groups is 1. The molecule has 0 bridgehead atoms. The molecule has 5 nitrogen and oxygen atoms in total. The molecule has 0 saturated heterocycles. The first-order valence-corrected chi connectivity index (χ1v) is 7.48. The SMILES string of the molecule is CCOCCCNC(=O)c1ccc(OCC)c(OCC)c1. The molecule has 0 saturated carbocycles. The zero-order valence-corrected chi connectivity index (χ0v) is 13.1. The van der Waals surface area contributed by atoms with Crippen molar-refractivity contribution in [2.24, 2.45) is 0 Å². The van der Waals surface area contributed by atoms with Crippen molar-refractivity contribution in [1.82, 2.24) is 5.32 Å². The first-order chi connectivity index (χ1) is 10.2. The fourth-order valence-corrected chi connectivity index (χ4v) is 1.81. The molecule has 1 aromatic carbocycles. The zero-order chi connectivity index (χ0) is 15.5. The monoisotopic (exact) mass is 295 g/mol. The number of nitrogens with one attached hydrogen (secondary N) is 1. The Kier molecular flexibility index (Phi) is 8.28. The van der Waals surface area contributed by atoms with Crippen LogP contribution in [0.4, 0.5) is 0 Å². The van der Waals surface area contributed by atoms with E-state index < -0.39 is 0 Å². The summed E-state index contributed by atoms with van der Waals surface area (Å²) in [5.41, 5.74) is 0.568. The fourth-order valence-electron chi connectivity index (χ4n) is 1.81. The van der Waals surface area contributed by atoms with Gasteiger partial charge in [-0.15, -0.1) is 0 Å². The summed E-state index contributed by atoms with van der Waals surface area (Å²) >= 11 is 0. The van der Waals surface area contributed by atoms with Gasteiger partial charge in [0.05, 0.1) is 13.2 Å². The van der Waals surface area contributed by atoms with E-state index in [4.69, 9.17) is 14.2 Å². The Hall–Kier alpha value is -1.75. The highest BCUT2D eigenvalue weighted by molar-refractivity contribution is 5.94. The Bertz CT molecular complexity index is 434.